The summed E-state index contributed by atoms with van der Waals surface area (Å²) in [7, 11) is 0. The minimum Gasteiger partial charge on any atom is -0.340 e. The third kappa shape index (κ3) is 2.83. The van der Waals surface area contributed by atoms with Gasteiger partial charge in [-0.3, -0.25) is 4.79 Å². The van der Waals surface area contributed by atoms with Crippen LogP contribution in [-0.2, 0) is 4.79 Å². The topological polar surface area (TPSA) is 20.3 Å². The molecule has 0 N–H and O–H groups in total. The van der Waals surface area contributed by atoms with Gasteiger partial charge in [-0.1, -0.05) is 19.8 Å². The molecule has 3 fully saturated rings. The first kappa shape index (κ1) is 13.5. The van der Waals surface area contributed by atoms with Crippen molar-refractivity contribution < 1.29 is 4.79 Å². The first-order chi connectivity index (χ1) is 9.13. The molecule has 0 aromatic rings. The molecule has 1 heterocycles. The fourth-order valence-corrected chi connectivity index (χ4v) is 4.84. The number of likely N-dealkylation sites (tertiary alicyclic amines) is 1. The molecular formula is C17H29NO. The van der Waals surface area contributed by atoms with Crippen molar-refractivity contribution in [2.24, 2.45) is 23.7 Å². The average molecular weight is 263 g/mol. The minimum atomic E-state index is 0.457. The van der Waals surface area contributed by atoms with Gasteiger partial charge in [0.15, 0.2) is 0 Å². The predicted octanol–water partition coefficient (Wildman–Crippen LogP) is 3.85. The van der Waals surface area contributed by atoms with Crippen molar-refractivity contribution in [3.8, 4) is 0 Å². The summed E-state index contributed by atoms with van der Waals surface area (Å²) in [4.78, 5) is 14.9. The second kappa shape index (κ2) is 5.46. The zero-order valence-corrected chi connectivity index (χ0v) is 12.6. The molecule has 108 valence electrons. The van der Waals surface area contributed by atoms with Gasteiger partial charge in [-0.25, -0.2) is 0 Å². The fourth-order valence-electron chi connectivity index (χ4n) is 4.84. The predicted molar refractivity (Wildman–Crippen MR) is 77.7 cm³/mol. The van der Waals surface area contributed by atoms with Gasteiger partial charge in [-0.15, -0.1) is 0 Å². The summed E-state index contributed by atoms with van der Waals surface area (Å²) in [5.74, 6) is 3.71. The minimum absolute atomic E-state index is 0.457. The van der Waals surface area contributed by atoms with Crippen molar-refractivity contribution in [2.75, 3.05) is 6.54 Å². The molecule has 1 aliphatic heterocycles. The second-order valence-electron chi connectivity index (χ2n) is 7.57. The van der Waals surface area contributed by atoms with Gasteiger partial charge in [-0.05, 0) is 62.7 Å². The molecule has 0 spiro atoms. The Kier molecular flexibility index (Phi) is 3.86. The molecule has 1 saturated heterocycles. The Hall–Kier alpha value is -0.530. The van der Waals surface area contributed by atoms with Crippen LogP contribution >= 0.6 is 0 Å². The fraction of sp³-hybridized carbons (Fsp3) is 0.941. The van der Waals surface area contributed by atoms with E-state index in [1.807, 2.05) is 0 Å². The Bertz CT molecular complexity index is 340. The van der Waals surface area contributed by atoms with Gasteiger partial charge in [0.05, 0.1) is 0 Å². The first-order valence-corrected chi connectivity index (χ1v) is 8.43. The molecule has 5 atom stereocenters. The summed E-state index contributed by atoms with van der Waals surface area (Å²) >= 11 is 0. The molecule has 2 nitrogen and oxygen atoms in total. The maximum absolute atomic E-state index is 12.7. The van der Waals surface area contributed by atoms with Crippen LogP contribution in [0.1, 0.15) is 65.2 Å². The van der Waals surface area contributed by atoms with Crippen molar-refractivity contribution in [3.05, 3.63) is 0 Å². The highest BCUT2D eigenvalue weighted by Gasteiger charge is 2.41. The van der Waals surface area contributed by atoms with E-state index in [-0.39, 0.29) is 0 Å². The van der Waals surface area contributed by atoms with E-state index < -0.39 is 0 Å². The van der Waals surface area contributed by atoms with Crippen LogP contribution in [0, 0.1) is 23.7 Å². The lowest BCUT2D eigenvalue weighted by molar-refractivity contribution is -0.135. The zero-order valence-electron chi connectivity index (χ0n) is 12.6. The molecule has 3 aliphatic rings. The molecule has 19 heavy (non-hydrogen) atoms. The summed E-state index contributed by atoms with van der Waals surface area (Å²) in [6.45, 7) is 5.55. The Morgan fingerprint density at radius 1 is 1.11 bits per heavy atom. The monoisotopic (exact) mass is 263 g/mol. The molecular weight excluding hydrogens is 234 g/mol. The number of carbonyl (C=O) groups excluding carboxylic acids is 1. The van der Waals surface area contributed by atoms with Gasteiger partial charge in [-0.2, -0.15) is 0 Å². The number of hydrogen-bond acceptors (Lipinski definition) is 1. The molecule has 2 heteroatoms. The van der Waals surface area contributed by atoms with Crippen molar-refractivity contribution in [2.45, 2.75) is 71.3 Å². The molecule has 0 radical (unpaired) electrons. The molecule has 2 saturated carbocycles. The summed E-state index contributed by atoms with van der Waals surface area (Å²) in [6, 6.07) is 0.469. The van der Waals surface area contributed by atoms with Crippen molar-refractivity contribution in [3.63, 3.8) is 0 Å². The molecule has 2 aliphatic carbocycles. The highest BCUT2D eigenvalue weighted by atomic mass is 16.2. The third-order valence-corrected chi connectivity index (χ3v) is 6.00. The Balaban J connectivity index is 1.59. The standard InChI is InChI=1S/C17H29NO/c1-12-4-3-5-13(2)18(11-12)17(19)10-16-9-14-6-7-15(16)8-14/h12-16H,3-11H2,1-2H3/t12-,13+,14+,15+,16-/m1/s1. The van der Waals surface area contributed by atoms with Crippen LogP contribution in [0.4, 0.5) is 0 Å². The van der Waals surface area contributed by atoms with Crippen molar-refractivity contribution in [1.82, 2.24) is 4.90 Å². The highest BCUT2D eigenvalue weighted by molar-refractivity contribution is 5.77. The largest absolute Gasteiger partial charge is 0.340 e. The van der Waals surface area contributed by atoms with Crippen LogP contribution in [0.2, 0.25) is 0 Å². The van der Waals surface area contributed by atoms with E-state index in [4.69, 9.17) is 0 Å². The molecule has 0 aromatic heterocycles. The summed E-state index contributed by atoms with van der Waals surface area (Å²) in [5.41, 5.74) is 0. The lowest BCUT2D eigenvalue weighted by Gasteiger charge is -2.31. The number of fused-ring (bicyclic) bond motifs is 2. The van der Waals surface area contributed by atoms with Crippen LogP contribution in [-0.4, -0.2) is 23.4 Å². The van der Waals surface area contributed by atoms with Crippen LogP contribution in [0.15, 0.2) is 0 Å². The number of hydrogen-bond donors (Lipinski definition) is 0. The van der Waals surface area contributed by atoms with E-state index in [2.05, 4.69) is 18.7 Å². The van der Waals surface area contributed by atoms with Gasteiger partial charge in [0.25, 0.3) is 0 Å². The maximum atomic E-state index is 12.7. The average Bonchev–Trinajstić information content (AvgIpc) is 2.93. The van der Waals surface area contributed by atoms with Crippen molar-refractivity contribution in [1.29, 1.82) is 0 Å². The quantitative estimate of drug-likeness (QED) is 0.741. The van der Waals surface area contributed by atoms with Crippen LogP contribution in [0.3, 0.4) is 0 Å². The normalized spacial score (nSPS) is 42.4. The summed E-state index contributed by atoms with van der Waals surface area (Å²) in [5, 5.41) is 0. The van der Waals surface area contributed by atoms with E-state index >= 15 is 0 Å². The molecule has 1 amide bonds. The first-order valence-electron chi connectivity index (χ1n) is 8.43. The lowest BCUT2D eigenvalue weighted by Crippen LogP contribution is -2.41. The number of carbonyl (C=O) groups is 1. The second-order valence-corrected chi connectivity index (χ2v) is 7.57. The third-order valence-electron chi connectivity index (χ3n) is 6.00. The van der Waals surface area contributed by atoms with E-state index in [0.29, 0.717) is 17.9 Å². The van der Waals surface area contributed by atoms with Crippen LogP contribution in [0.5, 0.6) is 0 Å². The van der Waals surface area contributed by atoms with Crippen LogP contribution < -0.4 is 0 Å². The van der Waals surface area contributed by atoms with Gasteiger partial charge < -0.3 is 4.90 Å². The SMILES string of the molecule is C[C@@H]1CCC[C@H](C)N(C(=O)C[C@H]2C[C@H]3CC[C@H]2C3)C1. The Labute approximate surface area is 117 Å². The van der Waals surface area contributed by atoms with E-state index in [1.165, 1.54) is 44.9 Å². The van der Waals surface area contributed by atoms with Crippen LogP contribution in [0.25, 0.3) is 0 Å². The maximum Gasteiger partial charge on any atom is 0.223 e. The molecule has 0 aromatic carbocycles. The molecule has 3 rings (SSSR count). The van der Waals surface area contributed by atoms with Gasteiger partial charge in [0, 0.05) is 19.0 Å². The lowest BCUT2D eigenvalue weighted by atomic mass is 9.86. The summed E-state index contributed by atoms with van der Waals surface area (Å²) < 4.78 is 0. The Morgan fingerprint density at radius 2 is 1.95 bits per heavy atom. The van der Waals surface area contributed by atoms with Gasteiger partial charge in [0.2, 0.25) is 5.91 Å². The Morgan fingerprint density at radius 3 is 2.63 bits per heavy atom. The van der Waals surface area contributed by atoms with Crippen molar-refractivity contribution >= 4 is 5.91 Å². The number of amides is 1. The van der Waals surface area contributed by atoms with Gasteiger partial charge in [0.1, 0.15) is 0 Å². The van der Waals surface area contributed by atoms with Gasteiger partial charge >= 0.3 is 0 Å². The van der Waals surface area contributed by atoms with E-state index in [1.54, 1.807) is 0 Å². The van der Waals surface area contributed by atoms with E-state index in [9.17, 15) is 4.79 Å². The number of rotatable bonds is 2. The van der Waals surface area contributed by atoms with E-state index in [0.717, 1.165) is 30.7 Å². The smallest absolute Gasteiger partial charge is 0.223 e. The summed E-state index contributed by atoms with van der Waals surface area (Å²) in [6.07, 6.45) is 10.2. The molecule has 0 unspecified atom stereocenters. The highest BCUT2D eigenvalue weighted by Crippen LogP contribution is 2.49. The number of nitrogens with zero attached hydrogens (tertiary/aromatic N) is 1. The molecule has 2 bridgehead atoms. The zero-order chi connectivity index (χ0) is 13.4.